The summed E-state index contributed by atoms with van der Waals surface area (Å²) in [5, 5.41) is 0. The number of hydrogen-bond acceptors (Lipinski definition) is 4. The molecule has 2 aliphatic heterocycles. The van der Waals surface area contributed by atoms with E-state index in [0.29, 0.717) is 0 Å². The number of imide groups is 2. The van der Waals surface area contributed by atoms with E-state index in [1.807, 2.05) is 0 Å². The van der Waals surface area contributed by atoms with Gasteiger partial charge in [-0.1, -0.05) is 47.5 Å². The first-order chi connectivity index (χ1) is 18.2. The molecule has 0 aromatic heterocycles. The molecule has 0 spiro atoms. The maximum atomic E-state index is 15.9. The minimum Gasteiger partial charge on any atom is -0.268 e. The summed E-state index contributed by atoms with van der Waals surface area (Å²) < 4.78 is 31.8. The zero-order valence-electron chi connectivity index (χ0n) is 20.2. The summed E-state index contributed by atoms with van der Waals surface area (Å²) in [7, 11) is 0. The Morgan fingerprint density at radius 2 is 0.842 bits per heavy atom. The fourth-order valence-electron chi connectivity index (χ4n) is 4.95. The molecule has 6 rings (SSSR count). The van der Waals surface area contributed by atoms with E-state index >= 15 is 8.78 Å². The van der Waals surface area contributed by atoms with Crippen LogP contribution in [0.2, 0.25) is 0 Å². The van der Waals surface area contributed by atoms with Crippen molar-refractivity contribution in [2.24, 2.45) is 0 Å². The first kappa shape index (κ1) is 23.4. The van der Waals surface area contributed by atoms with E-state index in [2.05, 4.69) is 0 Å². The monoisotopic (exact) mass is 508 g/mol. The molecule has 0 fully saturated rings. The van der Waals surface area contributed by atoms with Gasteiger partial charge in [-0.05, 0) is 50.2 Å². The Kier molecular flexibility index (Phi) is 5.10. The van der Waals surface area contributed by atoms with Gasteiger partial charge in [-0.2, -0.15) is 0 Å². The highest BCUT2D eigenvalue weighted by atomic mass is 19.1. The van der Waals surface area contributed by atoms with Gasteiger partial charge in [-0.15, -0.1) is 0 Å². The molecule has 0 bridgehead atoms. The van der Waals surface area contributed by atoms with Gasteiger partial charge < -0.3 is 0 Å². The average Bonchev–Trinajstić information content (AvgIpc) is 3.28. The van der Waals surface area contributed by atoms with Gasteiger partial charge in [0.25, 0.3) is 23.6 Å². The van der Waals surface area contributed by atoms with Crippen LogP contribution in [0.3, 0.4) is 0 Å². The Labute approximate surface area is 215 Å². The highest BCUT2D eigenvalue weighted by Gasteiger charge is 2.40. The fraction of sp³-hybridized carbons (Fsp3) is 0.0667. The second-order valence-corrected chi connectivity index (χ2v) is 9.27. The predicted molar refractivity (Wildman–Crippen MR) is 136 cm³/mol. The fourth-order valence-corrected chi connectivity index (χ4v) is 4.95. The van der Waals surface area contributed by atoms with Crippen molar-refractivity contribution in [3.63, 3.8) is 0 Å². The molecule has 0 N–H and O–H groups in total. The molecule has 6 nitrogen and oxygen atoms in total. The van der Waals surface area contributed by atoms with E-state index in [9.17, 15) is 19.2 Å². The van der Waals surface area contributed by atoms with Crippen molar-refractivity contribution >= 4 is 35.0 Å². The third-order valence-corrected chi connectivity index (χ3v) is 6.81. The third kappa shape index (κ3) is 3.23. The van der Waals surface area contributed by atoms with Gasteiger partial charge in [0, 0.05) is 11.1 Å². The molecule has 0 aliphatic carbocycles. The summed E-state index contributed by atoms with van der Waals surface area (Å²) in [6.07, 6.45) is 0. The number of rotatable bonds is 3. The van der Waals surface area contributed by atoms with Gasteiger partial charge in [0.1, 0.15) is 0 Å². The maximum absolute atomic E-state index is 15.9. The lowest BCUT2D eigenvalue weighted by molar-refractivity contribution is 0.0909. The highest BCUT2D eigenvalue weighted by molar-refractivity contribution is 6.35. The van der Waals surface area contributed by atoms with Gasteiger partial charge in [0.15, 0.2) is 11.6 Å². The second-order valence-electron chi connectivity index (χ2n) is 9.27. The summed E-state index contributed by atoms with van der Waals surface area (Å²) in [5.74, 6) is -4.71. The number of halogens is 2. The zero-order valence-corrected chi connectivity index (χ0v) is 20.2. The van der Waals surface area contributed by atoms with E-state index in [1.54, 1.807) is 38.1 Å². The van der Waals surface area contributed by atoms with E-state index in [4.69, 9.17) is 0 Å². The molecule has 0 saturated carbocycles. The van der Waals surface area contributed by atoms with Crippen LogP contribution < -0.4 is 9.80 Å². The lowest BCUT2D eigenvalue weighted by atomic mass is 10.0. The molecule has 4 aromatic rings. The van der Waals surface area contributed by atoms with Gasteiger partial charge in [-0.3, -0.25) is 19.2 Å². The molecule has 2 heterocycles. The summed E-state index contributed by atoms with van der Waals surface area (Å²) in [6, 6.07) is 17.4. The summed E-state index contributed by atoms with van der Waals surface area (Å²) in [4.78, 5) is 53.6. The van der Waals surface area contributed by atoms with Gasteiger partial charge in [0.05, 0.1) is 33.6 Å². The molecule has 38 heavy (non-hydrogen) atoms. The number of amides is 4. The molecule has 0 radical (unpaired) electrons. The normalized spacial score (nSPS) is 14.4. The summed E-state index contributed by atoms with van der Waals surface area (Å²) in [5.41, 5.74) is 1.04. The third-order valence-electron chi connectivity index (χ3n) is 6.81. The van der Waals surface area contributed by atoms with Crippen LogP contribution in [0.4, 0.5) is 20.2 Å². The van der Waals surface area contributed by atoms with Crippen molar-refractivity contribution in [3.8, 4) is 11.1 Å². The largest absolute Gasteiger partial charge is 0.268 e. The second kappa shape index (κ2) is 8.27. The average molecular weight is 508 g/mol. The first-order valence-corrected chi connectivity index (χ1v) is 11.8. The number of fused-ring (bicyclic) bond motifs is 2. The van der Waals surface area contributed by atoms with Crippen molar-refractivity contribution in [1.29, 1.82) is 0 Å². The van der Waals surface area contributed by atoms with Gasteiger partial charge in [-0.25, -0.2) is 18.6 Å². The molecule has 8 heteroatoms. The van der Waals surface area contributed by atoms with Crippen molar-refractivity contribution in [1.82, 2.24) is 0 Å². The number of carbonyl (C=O) groups is 4. The number of carbonyl (C=O) groups excluding carboxylic acids is 4. The zero-order chi connectivity index (χ0) is 26.9. The number of anilines is 2. The van der Waals surface area contributed by atoms with Crippen LogP contribution in [0.15, 0.2) is 72.8 Å². The van der Waals surface area contributed by atoms with Crippen LogP contribution in [-0.2, 0) is 0 Å². The van der Waals surface area contributed by atoms with Crippen LogP contribution in [0.1, 0.15) is 52.6 Å². The molecule has 0 saturated heterocycles. The smallest absolute Gasteiger partial charge is 0.266 e. The van der Waals surface area contributed by atoms with Crippen LogP contribution in [0, 0.1) is 25.5 Å². The predicted octanol–water partition coefficient (Wildman–Crippen LogP) is 5.85. The number of aryl methyl sites for hydroxylation is 2. The van der Waals surface area contributed by atoms with Gasteiger partial charge >= 0.3 is 0 Å². The van der Waals surface area contributed by atoms with Crippen LogP contribution in [-0.4, -0.2) is 23.6 Å². The van der Waals surface area contributed by atoms with Crippen molar-refractivity contribution in [3.05, 3.63) is 118 Å². The van der Waals surface area contributed by atoms with Crippen LogP contribution in [0.5, 0.6) is 0 Å². The molecule has 186 valence electrons. The maximum Gasteiger partial charge on any atom is 0.266 e. The van der Waals surface area contributed by atoms with Crippen molar-refractivity contribution < 1.29 is 28.0 Å². The van der Waals surface area contributed by atoms with Crippen LogP contribution in [0.25, 0.3) is 11.1 Å². The molecule has 0 atom stereocenters. The molecular formula is C30H18F2N2O4. The van der Waals surface area contributed by atoms with E-state index in [-0.39, 0.29) is 44.8 Å². The summed E-state index contributed by atoms with van der Waals surface area (Å²) >= 11 is 0. The number of hydrogen-bond donors (Lipinski definition) is 0. The number of nitrogens with zero attached hydrogens (tertiary/aromatic N) is 2. The lowest BCUT2D eigenvalue weighted by Crippen LogP contribution is -2.30. The Hall–Kier alpha value is -4.98. The number of benzene rings is 4. The summed E-state index contributed by atoms with van der Waals surface area (Å²) in [6.45, 7) is 3.54. The Balaban J connectivity index is 1.43. The van der Waals surface area contributed by atoms with E-state index in [0.717, 1.165) is 20.9 Å². The van der Waals surface area contributed by atoms with E-state index in [1.165, 1.54) is 48.5 Å². The SMILES string of the molecule is Cc1ccc2c(c1)C(=O)N(c1cccc(-c3cccc(N4C(=O)c5ccc(C)cc5C4=O)c3F)c1F)C2=O. The molecule has 4 aromatic carbocycles. The molecule has 2 aliphatic rings. The Bertz CT molecular complexity index is 1630. The minimum absolute atomic E-state index is 0.152. The van der Waals surface area contributed by atoms with Crippen molar-refractivity contribution in [2.75, 3.05) is 9.80 Å². The Morgan fingerprint density at radius 3 is 1.24 bits per heavy atom. The molecule has 0 unspecified atom stereocenters. The topological polar surface area (TPSA) is 74.8 Å². The van der Waals surface area contributed by atoms with E-state index < -0.39 is 35.3 Å². The molecular weight excluding hydrogens is 490 g/mol. The molecule has 4 amide bonds. The Morgan fingerprint density at radius 1 is 0.474 bits per heavy atom. The van der Waals surface area contributed by atoms with Crippen molar-refractivity contribution in [2.45, 2.75) is 13.8 Å². The lowest BCUT2D eigenvalue weighted by Gasteiger charge is -2.19. The highest BCUT2D eigenvalue weighted by Crippen LogP contribution is 2.39. The minimum atomic E-state index is -0.993. The standard InChI is InChI=1S/C30H18F2N2O4/c1-15-9-11-19-21(13-15)29(37)33(27(19)35)23-7-3-5-17(25(23)31)18-6-4-8-24(26(18)32)34-28(36)20-12-10-16(2)14-22(20)30(34)38/h3-14H,1-2H3. The quantitative estimate of drug-likeness (QED) is 0.326. The van der Waals surface area contributed by atoms with Crippen LogP contribution >= 0.6 is 0 Å². The first-order valence-electron chi connectivity index (χ1n) is 11.8. The van der Waals surface area contributed by atoms with Gasteiger partial charge in [0.2, 0.25) is 0 Å².